The van der Waals surface area contributed by atoms with Crippen LogP contribution in [0, 0.1) is 4.91 Å². The molecule has 0 heterocycles. The van der Waals surface area contributed by atoms with Crippen molar-refractivity contribution in [3.63, 3.8) is 0 Å². The minimum atomic E-state index is -4.49. The van der Waals surface area contributed by atoms with Gasteiger partial charge in [-0.2, -0.15) is 0 Å². The summed E-state index contributed by atoms with van der Waals surface area (Å²) in [5.74, 6) is 0.860. The predicted molar refractivity (Wildman–Crippen MR) is 129 cm³/mol. The highest BCUT2D eigenvalue weighted by molar-refractivity contribution is 7.90. The zero-order valence-electron chi connectivity index (χ0n) is 19.6. The van der Waals surface area contributed by atoms with E-state index in [1.54, 1.807) is 46.1 Å². The molecule has 0 saturated heterocycles. The molecule has 35 heavy (non-hydrogen) atoms. The minimum Gasteiger partial charge on any atom is -0.497 e. The van der Waals surface area contributed by atoms with E-state index in [1.807, 2.05) is 35.1 Å². The number of nitrogens with one attached hydrogen (secondary N) is 2. The lowest BCUT2D eigenvalue weighted by atomic mass is 10.1. The summed E-state index contributed by atoms with van der Waals surface area (Å²) in [6, 6.07) is 16.6. The van der Waals surface area contributed by atoms with Gasteiger partial charge in [-0.15, -0.1) is 0 Å². The number of hydrogen-bond donors (Lipinski definition) is 3. The fourth-order valence-corrected chi connectivity index (χ4v) is 4.16. The largest absolute Gasteiger partial charge is 0.497 e. The molecule has 11 heteroatoms. The van der Waals surface area contributed by atoms with Gasteiger partial charge in [0.2, 0.25) is 0 Å². The quantitative estimate of drug-likeness (QED) is 0.399. The van der Waals surface area contributed by atoms with E-state index in [9.17, 15) is 23.3 Å². The Bertz CT molecular complexity index is 1350. The minimum absolute atomic E-state index is 0.154. The van der Waals surface area contributed by atoms with E-state index >= 15 is 0 Å². The Morgan fingerprint density at radius 2 is 1.63 bits per heavy atom. The Morgan fingerprint density at radius 3 is 2.23 bits per heavy atom. The number of nitrogens with zero attached hydrogens (tertiary/aromatic N) is 1. The van der Waals surface area contributed by atoms with Crippen molar-refractivity contribution < 1.29 is 32.8 Å². The number of amides is 2. The van der Waals surface area contributed by atoms with Gasteiger partial charge in [0.05, 0.1) is 12.0 Å². The second-order valence-corrected chi connectivity index (χ2v) is 10.2. The number of carbonyl (C=O) groups is 1. The van der Waals surface area contributed by atoms with E-state index in [2.05, 4.69) is 5.32 Å². The second-order valence-electron chi connectivity index (χ2n) is 8.57. The third-order valence-corrected chi connectivity index (χ3v) is 5.99. The molecule has 0 bridgehead atoms. The first-order valence-corrected chi connectivity index (χ1v) is 11.9. The summed E-state index contributed by atoms with van der Waals surface area (Å²) in [6.07, 6.45) is 0. The molecule has 0 aliphatic carbocycles. The number of ether oxygens (including phenoxy) is 2. The van der Waals surface area contributed by atoms with Gasteiger partial charge in [-0.3, -0.25) is 0 Å². The van der Waals surface area contributed by atoms with Crippen molar-refractivity contribution in [1.82, 2.24) is 10.0 Å². The summed E-state index contributed by atoms with van der Waals surface area (Å²) in [4.78, 5) is 22.6. The number of sulfonamides is 1. The maximum absolute atomic E-state index is 13.0. The van der Waals surface area contributed by atoms with Crippen LogP contribution in [0.4, 0.5) is 10.5 Å². The molecule has 0 fully saturated rings. The smallest absolute Gasteiger partial charge is 0.329 e. The first kappa shape index (κ1) is 25.5. The third kappa shape index (κ3) is 6.70. The molecule has 0 aliphatic heterocycles. The summed E-state index contributed by atoms with van der Waals surface area (Å²) in [6.45, 7) is 5.06. The average Bonchev–Trinajstić information content (AvgIpc) is 2.77. The van der Waals surface area contributed by atoms with E-state index in [1.165, 1.54) is 12.1 Å². The van der Waals surface area contributed by atoms with Crippen molar-refractivity contribution in [1.29, 1.82) is 0 Å². The zero-order valence-corrected chi connectivity index (χ0v) is 20.4. The van der Waals surface area contributed by atoms with Gasteiger partial charge >= 0.3 is 11.7 Å². The molecule has 0 atom stereocenters. The standard InChI is InChI=1S/C24H25N3O7S/c1-24(2,3)25-23(28)26-35(31,32)22-15-18(27(29)30)10-13-21(22)34-20-7-5-6-17(14-20)16-8-11-19(33-4)12-9-16/h5-15H,1-4H3,(H2-,25,26,28,29,30)/p+1. The van der Waals surface area contributed by atoms with Crippen molar-refractivity contribution in [2.24, 2.45) is 0 Å². The Hall–Kier alpha value is -4.12. The van der Waals surface area contributed by atoms with Crippen molar-refractivity contribution in [3.8, 4) is 28.4 Å². The van der Waals surface area contributed by atoms with Gasteiger partial charge < -0.3 is 14.8 Å². The molecule has 0 unspecified atom stereocenters. The van der Waals surface area contributed by atoms with Crippen LogP contribution in [0.1, 0.15) is 20.8 Å². The van der Waals surface area contributed by atoms with Crippen LogP contribution in [0.25, 0.3) is 11.1 Å². The van der Waals surface area contributed by atoms with Crippen LogP contribution in [0.5, 0.6) is 17.2 Å². The SMILES string of the molecule is COc1ccc(-c2cccc(Oc3ccc([N+](=O)O)cc3S(=O)(=O)NC(=O)NC(C)(C)C)c2)cc1. The first-order chi connectivity index (χ1) is 16.4. The molecule has 10 nitrogen and oxygen atoms in total. The van der Waals surface area contributed by atoms with Gasteiger partial charge in [-0.25, -0.2) is 23.1 Å². The monoisotopic (exact) mass is 500 g/mol. The maximum atomic E-state index is 13.0. The number of urea groups is 1. The van der Waals surface area contributed by atoms with Crippen LogP contribution in [0.15, 0.2) is 71.6 Å². The van der Waals surface area contributed by atoms with Crippen LogP contribution in [0.3, 0.4) is 0 Å². The number of methoxy groups -OCH3 is 1. The van der Waals surface area contributed by atoms with Crippen LogP contribution in [-0.4, -0.2) is 37.2 Å². The van der Waals surface area contributed by atoms with Crippen LogP contribution in [-0.2, 0) is 10.0 Å². The fraction of sp³-hybridized carbons (Fsp3) is 0.208. The van der Waals surface area contributed by atoms with Gasteiger partial charge in [0.25, 0.3) is 14.9 Å². The number of rotatable bonds is 7. The van der Waals surface area contributed by atoms with Gasteiger partial charge in [-0.1, -0.05) is 24.3 Å². The highest BCUT2D eigenvalue weighted by Gasteiger charge is 2.28. The average molecular weight is 501 g/mol. The number of benzene rings is 3. The molecule has 3 rings (SSSR count). The summed E-state index contributed by atoms with van der Waals surface area (Å²) in [5, 5.41) is 11.7. The molecule has 0 aromatic heterocycles. The molecule has 3 aromatic rings. The number of hydrogen-bond acceptors (Lipinski definition) is 6. The van der Waals surface area contributed by atoms with Crippen molar-refractivity contribution in [3.05, 3.63) is 71.6 Å². The second kappa shape index (κ2) is 10.0. The van der Waals surface area contributed by atoms with E-state index in [0.717, 1.165) is 17.2 Å². The Morgan fingerprint density at radius 1 is 0.943 bits per heavy atom. The van der Waals surface area contributed by atoms with E-state index in [-0.39, 0.29) is 11.4 Å². The molecular formula is C24H26N3O7S+. The van der Waals surface area contributed by atoms with Crippen molar-refractivity contribution in [2.75, 3.05) is 7.11 Å². The van der Waals surface area contributed by atoms with E-state index in [0.29, 0.717) is 11.5 Å². The van der Waals surface area contributed by atoms with Crippen LogP contribution >= 0.6 is 0 Å². The Labute approximate surface area is 203 Å². The summed E-state index contributed by atoms with van der Waals surface area (Å²) >= 11 is 0. The van der Waals surface area contributed by atoms with Crippen LogP contribution in [0.2, 0.25) is 0 Å². The lowest BCUT2D eigenvalue weighted by Gasteiger charge is -2.21. The zero-order chi connectivity index (χ0) is 25.8. The lowest BCUT2D eigenvalue weighted by molar-refractivity contribution is -0.729. The van der Waals surface area contributed by atoms with Gasteiger partial charge in [0, 0.05) is 17.7 Å². The molecule has 0 saturated carbocycles. The normalized spacial score (nSPS) is 11.4. The molecular weight excluding hydrogens is 474 g/mol. The van der Waals surface area contributed by atoms with Crippen molar-refractivity contribution in [2.45, 2.75) is 31.2 Å². The molecule has 3 N–H and O–H groups in total. The van der Waals surface area contributed by atoms with Crippen molar-refractivity contribution >= 4 is 21.7 Å². The highest BCUT2D eigenvalue weighted by atomic mass is 32.2. The first-order valence-electron chi connectivity index (χ1n) is 10.5. The topological polar surface area (TPSA) is 134 Å². The molecule has 0 radical (unpaired) electrons. The Balaban J connectivity index is 1.96. The fourth-order valence-electron chi connectivity index (χ4n) is 3.10. The number of carbonyl (C=O) groups excluding carboxylic acids is 1. The summed E-state index contributed by atoms with van der Waals surface area (Å²) < 4.78 is 38.9. The van der Waals surface area contributed by atoms with Gasteiger partial charge in [0.1, 0.15) is 22.1 Å². The summed E-state index contributed by atoms with van der Waals surface area (Å²) in [5.41, 5.74) is 0.623. The third-order valence-electron chi connectivity index (χ3n) is 4.64. The lowest BCUT2D eigenvalue weighted by Crippen LogP contribution is -2.48. The molecule has 0 aliphatic rings. The van der Waals surface area contributed by atoms with Crippen LogP contribution < -0.4 is 19.5 Å². The maximum Gasteiger partial charge on any atom is 0.329 e. The van der Waals surface area contributed by atoms with Gasteiger partial charge in [-0.05, 0) is 62.2 Å². The van der Waals surface area contributed by atoms with Gasteiger partial charge in [0.15, 0.2) is 0 Å². The molecule has 3 aromatic carbocycles. The Kier molecular flexibility index (Phi) is 7.30. The predicted octanol–water partition coefficient (Wildman–Crippen LogP) is 4.74. The molecule has 2 amide bonds. The van der Waals surface area contributed by atoms with E-state index < -0.39 is 31.4 Å². The molecule has 184 valence electrons. The van der Waals surface area contributed by atoms with E-state index in [4.69, 9.17) is 9.47 Å². The molecule has 0 spiro atoms. The summed E-state index contributed by atoms with van der Waals surface area (Å²) in [7, 11) is -2.91. The highest BCUT2D eigenvalue weighted by Crippen LogP contribution is 2.34.